The van der Waals surface area contributed by atoms with Crippen LogP contribution in [0.15, 0.2) is 6.07 Å². The minimum Gasteiger partial charge on any atom is -0.478 e. The van der Waals surface area contributed by atoms with E-state index in [1.807, 2.05) is 13.8 Å². The summed E-state index contributed by atoms with van der Waals surface area (Å²) in [6, 6.07) is 1.74. The maximum Gasteiger partial charge on any atom is 0.220 e. The Morgan fingerprint density at radius 3 is 2.71 bits per heavy atom. The molecule has 0 radical (unpaired) electrons. The Labute approximate surface area is 101 Å². The molecule has 1 aliphatic carbocycles. The highest BCUT2D eigenvalue weighted by molar-refractivity contribution is 5.21. The van der Waals surface area contributed by atoms with Crippen LogP contribution in [-0.4, -0.2) is 29.2 Å². The van der Waals surface area contributed by atoms with Crippen molar-refractivity contribution in [2.75, 3.05) is 13.2 Å². The van der Waals surface area contributed by atoms with Crippen LogP contribution >= 0.6 is 0 Å². The van der Waals surface area contributed by atoms with E-state index in [-0.39, 0.29) is 6.10 Å². The van der Waals surface area contributed by atoms with Crippen LogP contribution in [0.1, 0.15) is 25.6 Å². The Morgan fingerprint density at radius 2 is 2.06 bits per heavy atom. The van der Waals surface area contributed by atoms with Crippen LogP contribution in [0, 0.1) is 12.8 Å². The molecule has 1 aromatic heterocycles. The fraction of sp³-hybridized carbons (Fsp3) is 0.667. The summed E-state index contributed by atoms with van der Waals surface area (Å²) >= 11 is 0. The molecule has 0 saturated heterocycles. The fourth-order valence-electron chi connectivity index (χ4n) is 1.93. The number of aryl methyl sites for hydroxylation is 1. The lowest BCUT2D eigenvalue weighted by Gasteiger charge is -2.34. The molecule has 0 aromatic carbocycles. The zero-order chi connectivity index (χ0) is 12.3. The minimum atomic E-state index is 0.243. The molecular weight excluding hydrogens is 218 g/mol. The van der Waals surface area contributed by atoms with E-state index >= 15 is 0 Å². The van der Waals surface area contributed by atoms with Gasteiger partial charge in [0.15, 0.2) is 0 Å². The number of nitrogens with zero attached hydrogens (tertiary/aromatic N) is 2. The second kappa shape index (κ2) is 5.31. The van der Waals surface area contributed by atoms with Crippen molar-refractivity contribution >= 4 is 0 Å². The molecule has 0 bridgehead atoms. The molecule has 1 aromatic rings. The van der Waals surface area contributed by atoms with Crippen molar-refractivity contribution in [2.24, 2.45) is 11.7 Å². The molecule has 17 heavy (non-hydrogen) atoms. The molecule has 0 amide bonds. The van der Waals surface area contributed by atoms with E-state index in [0.29, 0.717) is 30.1 Å². The van der Waals surface area contributed by atoms with Gasteiger partial charge in [0.1, 0.15) is 11.9 Å². The van der Waals surface area contributed by atoms with Crippen LogP contribution in [0.4, 0.5) is 0 Å². The normalized spacial score (nSPS) is 23.0. The van der Waals surface area contributed by atoms with Crippen LogP contribution in [-0.2, 0) is 0 Å². The summed E-state index contributed by atoms with van der Waals surface area (Å²) < 4.78 is 11.1. The van der Waals surface area contributed by atoms with Crippen LogP contribution in [0.25, 0.3) is 0 Å². The number of hydrogen-bond acceptors (Lipinski definition) is 5. The summed E-state index contributed by atoms with van der Waals surface area (Å²) in [6.07, 6.45) is 2.28. The highest BCUT2D eigenvalue weighted by Crippen LogP contribution is 2.30. The summed E-state index contributed by atoms with van der Waals surface area (Å²) in [5, 5.41) is 0. The number of ether oxygens (including phenoxy) is 2. The smallest absolute Gasteiger partial charge is 0.220 e. The first-order valence-corrected chi connectivity index (χ1v) is 6.06. The summed E-state index contributed by atoms with van der Waals surface area (Å²) in [5.41, 5.74) is 5.58. The second-order valence-corrected chi connectivity index (χ2v) is 4.34. The predicted octanol–water partition coefficient (Wildman–Crippen LogP) is 1.30. The predicted molar refractivity (Wildman–Crippen MR) is 64.1 cm³/mol. The molecule has 2 rings (SSSR count). The second-order valence-electron chi connectivity index (χ2n) is 4.34. The molecule has 5 nitrogen and oxygen atoms in total. The SMILES string of the molecule is CCOc1cc(OC2CC(CN)C2)nc(C)n1. The third-order valence-electron chi connectivity index (χ3n) is 2.90. The van der Waals surface area contributed by atoms with E-state index < -0.39 is 0 Å². The number of aromatic nitrogens is 2. The van der Waals surface area contributed by atoms with Crippen molar-refractivity contribution in [2.45, 2.75) is 32.8 Å². The molecule has 1 saturated carbocycles. The molecule has 1 heterocycles. The van der Waals surface area contributed by atoms with E-state index in [0.717, 1.165) is 19.4 Å². The first kappa shape index (κ1) is 12.1. The van der Waals surface area contributed by atoms with Gasteiger partial charge in [0, 0.05) is 0 Å². The summed E-state index contributed by atoms with van der Waals surface area (Å²) in [7, 11) is 0. The molecule has 94 valence electrons. The van der Waals surface area contributed by atoms with Crippen LogP contribution in [0.3, 0.4) is 0 Å². The Hall–Kier alpha value is -1.36. The van der Waals surface area contributed by atoms with Gasteiger partial charge in [0.25, 0.3) is 0 Å². The van der Waals surface area contributed by atoms with E-state index in [1.165, 1.54) is 0 Å². The summed E-state index contributed by atoms with van der Waals surface area (Å²) in [4.78, 5) is 8.42. The Kier molecular flexibility index (Phi) is 3.78. The fourth-order valence-corrected chi connectivity index (χ4v) is 1.93. The zero-order valence-corrected chi connectivity index (χ0v) is 10.3. The van der Waals surface area contributed by atoms with Gasteiger partial charge in [0.2, 0.25) is 11.8 Å². The van der Waals surface area contributed by atoms with Crippen LogP contribution in [0.5, 0.6) is 11.8 Å². The van der Waals surface area contributed by atoms with Crippen molar-refractivity contribution < 1.29 is 9.47 Å². The molecule has 1 fully saturated rings. The Balaban J connectivity index is 1.96. The van der Waals surface area contributed by atoms with Crippen LogP contribution < -0.4 is 15.2 Å². The Morgan fingerprint density at radius 1 is 1.35 bits per heavy atom. The largest absolute Gasteiger partial charge is 0.478 e. The van der Waals surface area contributed by atoms with E-state index in [1.54, 1.807) is 6.07 Å². The monoisotopic (exact) mass is 237 g/mol. The third kappa shape index (κ3) is 3.06. The molecule has 1 aliphatic rings. The molecule has 0 aliphatic heterocycles. The van der Waals surface area contributed by atoms with Crippen molar-refractivity contribution in [3.63, 3.8) is 0 Å². The highest BCUT2D eigenvalue weighted by atomic mass is 16.5. The van der Waals surface area contributed by atoms with E-state index in [2.05, 4.69) is 9.97 Å². The Bertz CT molecular complexity index is 378. The summed E-state index contributed by atoms with van der Waals surface area (Å²) in [5.74, 6) is 2.45. The average molecular weight is 237 g/mol. The molecule has 0 spiro atoms. The summed E-state index contributed by atoms with van der Waals surface area (Å²) in [6.45, 7) is 5.09. The number of rotatable bonds is 5. The standard InChI is InChI=1S/C12H19N3O2/c1-3-16-11-6-12(15-8(2)14-11)17-10-4-9(5-10)7-13/h6,9-10H,3-5,7,13H2,1-2H3. The third-order valence-corrected chi connectivity index (χ3v) is 2.90. The lowest BCUT2D eigenvalue weighted by atomic mass is 9.82. The van der Waals surface area contributed by atoms with Gasteiger partial charge in [-0.2, -0.15) is 9.97 Å². The zero-order valence-electron chi connectivity index (χ0n) is 10.3. The van der Waals surface area contributed by atoms with Gasteiger partial charge in [-0.1, -0.05) is 0 Å². The van der Waals surface area contributed by atoms with Gasteiger partial charge in [-0.05, 0) is 39.2 Å². The first-order valence-electron chi connectivity index (χ1n) is 6.06. The van der Waals surface area contributed by atoms with Gasteiger partial charge in [-0.3, -0.25) is 0 Å². The van der Waals surface area contributed by atoms with Gasteiger partial charge < -0.3 is 15.2 Å². The topological polar surface area (TPSA) is 70.3 Å². The van der Waals surface area contributed by atoms with Crippen molar-refractivity contribution in [3.05, 3.63) is 11.9 Å². The molecule has 0 atom stereocenters. The first-order chi connectivity index (χ1) is 8.21. The quantitative estimate of drug-likeness (QED) is 0.835. The minimum absolute atomic E-state index is 0.243. The van der Waals surface area contributed by atoms with Crippen molar-refractivity contribution in [1.82, 2.24) is 9.97 Å². The van der Waals surface area contributed by atoms with Gasteiger partial charge in [-0.15, -0.1) is 0 Å². The van der Waals surface area contributed by atoms with Crippen molar-refractivity contribution in [3.8, 4) is 11.8 Å². The van der Waals surface area contributed by atoms with Crippen LogP contribution in [0.2, 0.25) is 0 Å². The van der Waals surface area contributed by atoms with Crippen molar-refractivity contribution in [1.29, 1.82) is 0 Å². The molecular formula is C12H19N3O2. The van der Waals surface area contributed by atoms with Gasteiger partial charge in [-0.25, -0.2) is 0 Å². The number of nitrogens with two attached hydrogens (primary N) is 1. The molecule has 5 heteroatoms. The number of hydrogen-bond donors (Lipinski definition) is 1. The lowest BCUT2D eigenvalue weighted by Crippen LogP contribution is -2.37. The maximum atomic E-state index is 5.76. The van der Waals surface area contributed by atoms with Gasteiger partial charge >= 0.3 is 0 Å². The lowest BCUT2D eigenvalue weighted by molar-refractivity contribution is 0.0642. The average Bonchev–Trinajstić information content (AvgIpc) is 2.22. The highest BCUT2D eigenvalue weighted by Gasteiger charge is 2.30. The molecule has 2 N–H and O–H groups in total. The van der Waals surface area contributed by atoms with E-state index in [9.17, 15) is 0 Å². The molecule has 0 unspecified atom stereocenters. The van der Waals surface area contributed by atoms with E-state index in [4.69, 9.17) is 15.2 Å². The maximum absolute atomic E-state index is 5.76. The van der Waals surface area contributed by atoms with Gasteiger partial charge in [0.05, 0.1) is 12.7 Å².